The molecule has 1 aliphatic rings. The minimum Gasteiger partial charge on any atom is -0.422 e. The molecule has 23 heavy (non-hydrogen) atoms. The highest BCUT2D eigenvalue weighted by atomic mass is 16.5. The number of aryl methyl sites for hydroxylation is 1. The molecule has 0 saturated carbocycles. The van der Waals surface area contributed by atoms with Gasteiger partial charge in [-0.15, -0.1) is 10.2 Å². The molecular formula is C15H21N5O3. The van der Waals surface area contributed by atoms with Crippen LogP contribution in [0.4, 0.5) is 0 Å². The molecule has 0 aromatic carbocycles. The number of rotatable bonds is 4. The number of morpholine rings is 1. The van der Waals surface area contributed by atoms with Crippen LogP contribution in [0.25, 0.3) is 0 Å². The molecule has 1 aliphatic heterocycles. The summed E-state index contributed by atoms with van der Waals surface area (Å²) < 4.78 is 11.3. The van der Waals surface area contributed by atoms with Gasteiger partial charge >= 0.3 is 0 Å². The number of aromatic nitrogens is 4. The van der Waals surface area contributed by atoms with Gasteiger partial charge in [0.2, 0.25) is 11.8 Å². The summed E-state index contributed by atoms with van der Waals surface area (Å²) in [6, 6.07) is 1.79. The van der Waals surface area contributed by atoms with Crippen molar-refractivity contribution in [3.63, 3.8) is 0 Å². The molecule has 0 unspecified atom stereocenters. The third-order valence-electron chi connectivity index (χ3n) is 3.81. The molecule has 8 nitrogen and oxygen atoms in total. The topological polar surface area (TPSA) is 97.1 Å². The van der Waals surface area contributed by atoms with Crippen LogP contribution in [0.1, 0.15) is 60.8 Å². The summed E-state index contributed by atoms with van der Waals surface area (Å²) in [5.41, 5.74) is 1.37. The average Bonchev–Trinajstić information content (AvgIpc) is 3.23. The van der Waals surface area contributed by atoms with Gasteiger partial charge in [-0.1, -0.05) is 20.8 Å². The monoisotopic (exact) mass is 319 g/mol. The lowest BCUT2D eigenvalue weighted by molar-refractivity contribution is -0.0352. The van der Waals surface area contributed by atoms with Crippen LogP contribution in [0.5, 0.6) is 0 Å². The van der Waals surface area contributed by atoms with E-state index in [2.05, 4.69) is 20.4 Å². The van der Waals surface area contributed by atoms with Gasteiger partial charge in [0, 0.05) is 18.2 Å². The SMILES string of the molecule is CCc1cc(C(=O)N2CCO[C@@H](c3nnc(C(C)C)o3)C2)n[nH]1. The minimum atomic E-state index is -0.391. The number of hydrogen-bond acceptors (Lipinski definition) is 6. The molecule has 3 heterocycles. The zero-order valence-electron chi connectivity index (χ0n) is 13.6. The lowest BCUT2D eigenvalue weighted by Gasteiger charge is -2.30. The molecule has 2 aromatic heterocycles. The van der Waals surface area contributed by atoms with Gasteiger partial charge in [0.15, 0.2) is 6.10 Å². The van der Waals surface area contributed by atoms with E-state index < -0.39 is 6.10 Å². The molecule has 8 heteroatoms. The summed E-state index contributed by atoms with van der Waals surface area (Å²) in [6.45, 7) is 7.31. The lowest BCUT2D eigenvalue weighted by atomic mass is 10.2. The highest BCUT2D eigenvalue weighted by Crippen LogP contribution is 2.24. The highest BCUT2D eigenvalue weighted by molar-refractivity contribution is 5.92. The molecule has 2 aromatic rings. The first-order chi connectivity index (χ1) is 11.1. The van der Waals surface area contributed by atoms with E-state index in [1.165, 1.54) is 0 Å². The third kappa shape index (κ3) is 3.26. The Morgan fingerprint density at radius 2 is 2.30 bits per heavy atom. The van der Waals surface area contributed by atoms with Gasteiger partial charge in [-0.3, -0.25) is 9.89 Å². The summed E-state index contributed by atoms with van der Waals surface area (Å²) in [5, 5.41) is 15.0. The Morgan fingerprint density at radius 3 is 2.96 bits per heavy atom. The van der Waals surface area contributed by atoms with E-state index in [-0.39, 0.29) is 11.8 Å². The predicted molar refractivity (Wildman–Crippen MR) is 80.9 cm³/mol. The molecular weight excluding hydrogens is 298 g/mol. The van der Waals surface area contributed by atoms with Gasteiger partial charge in [-0.2, -0.15) is 5.10 Å². The second kappa shape index (κ2) is 6.49. The normalized spacial score (nSPS) is 18.6. The quantitative estimate of drug-likeness (QED) is 0.921. The number of carbonyl (C=O) groups excluding carboxylic acids is 1. The largest absolute Gasteiger partial charge is 0.422 e. The molecule has 0 spiro atoms. The number of amides is 1. The number of nitrogens with one attached hydrogen (secondary N) is 1. The molecule has 1 fully saturated rings. The van der Waals surface area contributed by atoms with Gasteiger partial charge in [-0.05, 0) is 12.5 Å². The summed E-state index contributed by atoms with van der Waals surface area (Å²) >= 11 is 0. The van der Waals surface area contributed by atoms with Crippen molar-refractivity contribution in [1.29, 1.82) is 0 Å². The fourth-order valence-corrected chi connectivity index (χ4v) is 2.41. The smallest absolute Gasteiger partial charge is 0.274 e. The first kappa shape index (κ1) is 15.7. The van der Waals surface area contributed by atoms with Crippen molar-refractivity contribution in [3.8, 4) is 0 Å². The van der Waals surface area contributed by atoms with Crippen molar-refractivity contribution < 1.29 is 13.9 Å². The van der Waals surface area contributed by atoms with Gasteiger partial charge < -0.3 is 14.1 Å². The molecule has 0 aliphatic carbocycles. The molecule has 1 amide bonds. The second-order valence-electron chi connectivity index (χ2n) is 5.88. The van der Waals surface area contributed by atoms with Crippen LogP contribution in [-0.4, -0.2) is 50.9 Å². The predicted octanol–water partition coefficient (Wildman–Crippen LogP) is 1.69. The summed E-state index contributed by atoms with van der Waals surface area (Å²) in [6.07, 6.45) is 0.420. The highest BCUT2D eigenvalue weighted by Gasteiger charge is 2.30. The molecule has 124 valence electrons. The maximum Gasteiger partial charge on any atom is 0.274 e. The molecule has 0 radical (unpaired) electrons. The fraction of sp³-hybridized carbons (Fsp3) is 0.600. The number of carbonyl (C=O) groups is 1. The van der Waals surface area contributed by atoms with E-state index in [0.29, 0.717) is 37.2 Å². The van der Waals surface area contributed by atoms with Gasteiger partial charge in [-0.25, -0.2) is 0 Å². The van der Waals surface area contributed by atoms with Crippen molar-refractivity contribution in [3.05, 3.63) is 29.2 Å². The van der Waals surface area contributed by atoms with Crippen LogP contribution in [0.3, 0.4) is 0 Å². The second-order valence-corrected chi connectivity index (χ2v) is 5.88. The molecule has 1 N–H and O–H groups in total. The van der Waals surface area contributed by atoms with E-state index in [0.717, 1.165) is 12.1 Å². The number of aromatic amines is 1. The van der Waals surface area contributed by atoms with Crippen LogP contribution in [0, 0.1) is 0 Å². The number of nitrogens with zero attached hydrogens (tertiary/aromatic N) is 4. The average molecular weight is 319 g/mol. The third-order valence-corrected chi connectivity index (χ3v) is 3.81. The Hall–Kier alpha value is -2.22. The zero-order chi connectivity index (χ0) is 16.4. The van der Waals surface area contributed by atoms with Crippen molar-refractivity contribution in [2.45, 2.75) is 39.2 Å². The fourth-order valence-electron chi connectivity index (χ4n) is 2.41. The van der Waals surface area contributed by atoms with Crippen LogP contribution in [-0.2, 0) is 11.2 Å². The van der Waals surface area contributed by atoms with Crippen molar-refractivity contribution in [2.75, 3.05) is 19.7 Å². The van der Waals surface area contributed by atoms with E-state index >= 15 is 0 Å². The number of H-pyrrole nitrogens is 1. The zero-order valence-corrected chi connectivity index (χ0v) is 13.6. The minimum absolute atomic E-state index is 0.113. The molecule has 1 saturated heterocycles. The summed E-state index contributed by atoms with van der Waals surface area (Å²) in [7, 11) is 0. The Bertz CT molecular complexity index is 678. The maximum absolute atomic E-state index is 12.5. The molecule has 0 bridgehead atoms. The molecule has 1 atom stereocenters. The number of ether oxygens (including phenoxy) is 1. The Labute approximate surface area is 134 Å². The Kier molecular flexibility index (Phi) is 4.42. The van der Waals surface area contributed by atoms with Crippen LogP contribution in [0.15, 0.2) is 10.5 Å². The summed E-state index contributed by atoms with van der Waals surface area (Å²) in [5.74, 6) is 1.04. The van der Waals surface area contributed by atoms with E-state index in [1.807, 2.05) is 20.8 Å². The van der Waals surface area contributed by atoms with Gasteiger partial charge in [0.1, 0.15) is 5.69 Å². The first-order valence-electron chi connectivity index (χ1n) is 7.87. The Morgan fingerprint density at radius 1 is 1.48 bits per heavy atom. The molecule has 3 rings (SSSR count). The van der Waals surface area contributed by atoms with Crippen LogP contribution < -0.4 is 0 Å². The van der Waals surface area contributed by atoms with Crippen LogP contribution >= 0.6 is 0 Å². The number of hydrogen-bond donors (Lipinski definition) is 1. The Balaban J connectivity index is 1.71. The first-order valence-corrected chi connectivity index (χ1v) is 7.87. The van der Waals surface area contributed by atoms with Gasteiger partial charge in [0.05, 0.1) is 13.2 Å². The van der Waals surface area contributed by atoms with Crippen molar-refractivity contribution >= 4 is 5.91 Å². The van der Waals surface area contributed by atoms with Gasteiger partial charge in [0.25, 0.3) is 5.91 Å². The van der Waals surface area contributed by atoms with Crippen molar-refractivity contribution in [1.82, 2.24) is 25.3 Å². The van der Waals surface area contributed by atoms with E-state index in [9.17, 15) is 4.79 Å². The maximum atomic E-state index is 12.5. The van der Waals surface area contributed by atoms with E-state index in [4.69, 9.17) is 9.15 Å². The standard InChI is InChI=1S/C15H21N5O3/c1-4-10-7-11(17-16-10)15(21)20-5-6-22-12(8-20)14-19-18-13(23-14)9(2)3/h7,9,12H,4-6,8H2,1-3H3,(H,16,17)/t12-/m1/s1. The van der Waals surface area contributed by atoms with Crippen molar-refractivity contribution in [2.24, 2.45) is 0 Å². The summed E-state index contributed by atoms with van der Waals surface area (Å²) in [4.78, 5) is 14.3. The van der Waals surface area contributed by atoms with E-state index in [1.54, 1.807) is 11.0 Å². The van der Waals surface area contributed by atoms with Crippen LogP contribution in [0.2, 0.25) is 0 Å². The lowest BCUT2D eigenvalue weighted by Crippen LogP contribution is -2.42.